The zero-order valence-corrected chi connectivity index (χ0v) is 13.0. The highest BCUT2D eigenvalue weighted by atomic mass is 79.9. The predicted molar refractivity (Wildman–Crippen MR) is 76.5 cm³/mol. The van der Waals surface area contributed by atoms with Crippen LogP contribution < -0.4 is 4.74 Å². The maximum absolute atomic E-state index is 5.22. The fourth-order valence-electron chi connectivity index (χ4n) is 1.62. The largest absolute Gasteiger partial charge is 0.496 e. The van der Waals surface area contributed by atoms with Crippen LogP contribution in [-0.2, 0) is 0 Å². The smallest absolute Gasteiger partial charge is 0.133 e. The Labute approximate surface area is 115 Å². The lowest BCUT2D eigenvalue weighted by atomic mass is 10.1. The van der Waals surface area contributed by atoms with E-state index in [2.05, 4.69) is 50.9 Å². The highest BCUT2D eigenvalue weighted by Gasteiger charge is 2.09. The number of hydrogen-bond donors (Lipinski definition) is 0. The maximum atomic E-state index is 5.22. The average molecular weight is 350 g/mol. The third-order valence-corrected chi connectivity index (χ3v) is 4.20. The van der Waals surface area contributed by atoms with Crippen molar-refractivity contribution in [1.29, 1.82) is 0 Å². The van der Waals surface area contributed by atoms with Crippen molar-refractivity contribution in [2.75, 3.05) is 7.11 Å². The van der Waals surface area contributed by atoms with E-state index >= 15 is 0 Å². The fraction of sp³-hybridized carbons (Fsp3) is 0.538. The third kappa shape index (κ3) is 4.10. The van der Waals surface area contributed by atoms with Crippen LogP contribution >= 0.6 is 31.9 Å². The van der Waals surface area contributed by atoms with Crippen LogP contribution in [0.1, 0.15) is 43.0 Å². The first-order chi connectivity index (χ1) is 7.69. The predicted octanol–water partition coefficient (Wildman–Crippen LogP) is 5.47. The first kappa shape index (κ1) is 14.0. The van der Waals surface area contributed by atoms with Gasteiger partial charge in [0.05, 0.1) is 11.6 Å². The monoisotopic (exact) mass is 348 g/mol. The standard InChI is InChI=1S/C13H18Br2O/c1-3-4-5-6-11(14)10-7-8-13(16-2)12(15)9-10/h7-9,11H,3-6H2,1-2H3. The van der Waals surface area contributed by atoms with Gasteiger partial charge >= 0.3 is 0 Å². The topological polar surface area (TPSA) is 9.23 Å². The molecule has 1 nitrogen and oxygen atoms in total. The van der Waals surface area contributed by atoms with Crippen LogP contribution in [0, 0.1) is 0 Å². The van der Waals surface area contributed by atoms with E-state index in [9.17, 15) is 0 Å². The van der Waals surface area contributed by atoms with Gasteiger partial charge in [0.25, 0.3) is 0 Å². The molecular weight excluding hydrogens is 332 g/mol. The molecule has 0 aliphatic rings. The summed E-state index contributed by atoms with van der Waals surface area (Å²) in [6, 6.07) is 6.26. The van der Waals surface area contributed by atoms with Crippen LogP contribution in [0.2, 0.25) is 0 Å². The molecule has 1 aromatic rings. The van der Waals surface area contributed by atoms with E-state index in [1.165, 1.54) is 31.2 Å². The minimum Gasteiger partial charge on any atom is -0.496 e. The zero-order chi connectivity index (χ0) is 12.0. The number of alkyl halides is 1. The molecule has 0 saturated carbocycles. The molecule has 0 N–H and O–H groups in total. The van der Waals surface area contributed by atoms with Crippen molar-refractivity contribution in [2.24, 2.45) is 0 Å². The van der Waals surface area contributed by atoms with E-state index in [0.717, 1.165) is 10.2 Å². The summed E-state index contributed by atoms with van der Waals surface area (Å²) in [4.78, 5) is 0.446. The van der Waals surface area contributed by atoms with Gasteiger partial charge in [0.2, 0.25) is 0 Å². The normalized spacial score (nSPS) is 12.5. The van der Waals surface area contributed by atoms with E-state index in [1.54, 1.807) is 7.11 Å². The van der Waals surface area contributed by atoms with Crippen molar-refractivity contribution < 1.29 is 4.74 Å². The Morgan fingerprint density at radius 1 is 1.31 bits per heavy atom. The minimum atomic E-state index is 0.446. The summed E-state index contributed by atoms with van der Waals surface area (Å²) >= 11 is 7.25. The number of methoxy groups -OCH3 is 1. The lowest BCUT2D eigenvalue weighted by Crippen LogP contribution is -1.92. The second kappa shape index (κ2) is 7.33. The number of hydrogen-bond acceptors (Lipinski definition) is 1. The van der Waals surface area contributed by atoms with Crippen molar-refractivity contribution in [3.63, 3.8) is 0 Å². The summed E-state index contributed by atoms with van der Waals surface area (Å²) < 4.78 is 6.24. The van der Waals surface area contributed by atoms with Crippen LogP contribution in [0.5, 0.6) is 5.75 Å². The molecule has 0 saturated heterocycles. The molecule has 0 aromatic heterocycles. The molecule has 1 atom stereocenters. The van der Waals surface area contributed by atoms with E-state index < -0.39 is 0 Å². The van der Waals surface area contributed by atoms with Crippen LogP contribution in [0.4, 0.5) is 0 Å². The van der Waals surface area contributed by atoms with Crippen molar-refractivity contribution >= 4 is 31.9 Å². The van der Waals surface area contributed by atoms with E-state index in [-0.39, 0.29) is 0 Å². The number of unbranched alkanes of at least 4 members (excludes halogenated alkanes) is 2. The molecule has 0 fully saturated rings. The molecule has 0 spiro atoms. The lowest BCUT2D eigenvalue weighted by Gasteiger charge is -2.11. The SMILES string of the molecule is CCCCCC(Br)c1ccc(OC)c(Br)c1. The molecule has 0 aliphatic heterocycles. The van der Waals surface area contributed by atoms with Gasteiger partial charge in [-0.05, 0) is 40.0 Å². The number of benzene rings is 1. The summed E-state index contributed by atoms with van der Waals surface area (Å²) in [6.07, 6.45) is 5.04. The first-order valence-electron chi connectivity index (χ1n) is 5.66. The van der Waals surface area contributed by atoms with Crippen LogP contribution in [0.3, 0.4) is 0 Å². The lowest BCUT2D eigenvalue weighted by molar-refractivity contribution is 0.412. The summed E-state index contributed by atoms with van der Waals surface area (Å²) in [5, 5.41) is 0. The van der Waals surface area contributed by atoms with Crippen molar-refractivity contribution in [1.82, 2.24) is 0 Å². The highest BCUT2D eigenvalue weighted by molar-refractivity contribution is 9.10. The Morgan fingerprint density at radius 2 is 2.06 bits per heavy atom. The quantitative estimate of drug-likeness (QED) is 0.488. The van der Waals surface area contributed by atoms with Crippen LogP contribution in [0.15, 0.2) is 22.7 Å². The summed E-state index contributed by atoms with van der Waals surface area (Å²) in [7, 11) is 1.69. The van der Waals surface area contributed by atoms with Gasteiger partial charge < -0.3 is 4.74 Å². The van der Waals surface area contributed by atoms with Crippen molar-refractivity contribution in [3.8, 4) is 5.75 Å². The van der Waals surface area contributed by atoms with Crippen LogP contribution in [-0.4, -0.2) is 7.11 Å². The summed E-state index contributed by atoms with van der Waals surface area (Å²) in [5.41, 5.74) is 1.31. The molecule has 1 aromatic carbocycles. The Hall–Kier alpha value is -0.0200. The van der Waals surface area contributed by atoms with Gasteiger partial charge in [-0.3, -0.25) is 0 Å². The molecular formula is C13H18Br2O. The van der Waals surface area contributed by atoms with Gasteiger partial charge in [-0.25, -0.2) is 0 Å². The zero-order valence-electron chi connectivity index (χ0n) is 9.80. The number of rotatable bonds is 6. The molecule has 0 bridgehead atoms. The molecule has 1 unspecified atom stereocenters. The molecule has 90 valence electrons. The number of ether oxygens (including phenoxy) is 1. The van der Waals surface area contributed by atoms with E-state index in [4.69, 9.17) is 4.74 Å². The maximum Gasteiger partial charge on any atom is 0.133 e. The average Bonchev–Trinajstić information content (AvgIpc) is 2.29. The Morgan fingerprint density at radius 3 is 2.62 bits per heavy atom. The van der Waals surface area contributed by atoms with Gasteiger partial charge in [-0.2, -0.15) is 0 Å². The molecule has 3 heteroatoms. The van der Waals surface area contributed by atoms with E-state index in [1.807, 2.05) is 6.07 Å². The number of halogens is 2. The minimum absolute atomic E-state index is 0.446. The van der Waals surface area contributed by atoms with Gasteiger partial charge in [0.15, 0.2) is 0 Å². The molecule has 0 amide bonds. The molecule has 0 radical (unpaired) electrons. The second-order valence-electron chi connectivity index (χ2n) is 3.86. The Kier molecular flexibility index (Phi) is 6.44. The molecule has 0 aliphatic carbocycles. The molecule has 0 heterocycles. The van der Waals surface area contributed by atoms with E-state index in [0.29, 0.717) is 4.83 Å². The Balaban J connectivity index is 2.62. The van der Waals surface area contributed by atoms with Crippen molar-refractivity contribution in [2.45, 2.75) is 37.4 Å². The van der Waals surface area contributed by atoms with Gasteiger partial charge in [0, 0.05) is 4.83 Å². The van der Waals surface area contributed by atoms with Gasteiger partial charge in [-0.15, -0.1) is 0 Å². The second-order valence-corrected chi connectivity index (χ2v) is 5.82. The molecule has 1 rings (SSSR count). The van der Waals surface area contributed by atoms with Gasteiger partial charge in [0.1, 0.15) is 5.75 Å². The van der Waals surface area contributed by atoms with Crippen LogP contribution in [0.25, 0.3) is 0 Å². The first-order valence-corrected chi connectivity index (χ1v) is 7.37. The highest BCUT2D eigenvalue weighted by Crippen LogP contribution is 2.33. The third-order valence-electron chi connectivity index (χ3n) is 2.60. The fourth-order valence-corrected chi connectivity index (χ4v) is 2.78. The van der Waals surface area contributed by atoms with Crippen molar-refractivity contribution in [3.05, 3.63) is 28.2 Å². The summed E-state index contributed by atoms with van der Waals surface area (Å²) in [6.45, 7) is 2.23. The van der Waals surface area contributed by atoms with Gasteiger partial charge in [-0.1, -0.05) is 48.2 Å². The molecule has 16 heavy (non-hydrogen) atoms. The Bertz CT molecular complexity index is 326. The summed E-state index contributed by atoms with van der Waals surface area (Å²) in [5.74, 6) is 0.886.